The third-order valence-corrected chi connectivity index (χ3v) is 2.83. The zero-order chi connectivity index (χ0) is 14.0. The average Bonchev–Trinajstić information content (AvgIpc) is 2.30. The number of halogens is 5. The summed E-state index contributed by atoms with van der Waals surface area (Å²) in [4.78, 5) is 0. The lowest BCUT2D eigenvalue weighted by atomic mass is 10.2. The lowest BCUT2D eigenvalue weighted by Crippen LogP contribution is -2.10. The minimum absolute atomic E-state index is 0.194. The van der Waals surface area contributed by atoms with Gasteiger partial charge in [-0.05, 0) is 36.4 Å². The highest BCUT2D eigenvalue weighted by atomic mass is 79.9. The lowest BCUT2D eigenvalue weighted by molar-refractivity contribution is -0.141. The fraction of sp³-hybridized carbons (Fsp3) is 0.0769. The highest BCUT2D eigenvalue weighted by molar-refractivity contribution is 9.10. The van der Waals surface area contributed by atoms with Gasteiger partial charge in [-0.1, -0.05) is 22.0 Å². The molecule has 0 atom stereocenters. The molecule has 0 aliphatic rings. The Bertz CT molecular complexity index is 578. The van der Waals surface area contributed by atoms with E-state index in [1.807, 2.05) is 0 Å². The molecule has 6 heteroatoms. The van der Waals surface area contributed by atoms with Crippen molar-refractivity contribution in [1.82, 2.24) is 0 Å². The van der Waals surface area contributed by atoms with E-state index in [1.165, 1.54) is 18.2 Å². The highest BCUT2D eigenvalue weighted by Crippen LogP contribution is 2.39. The van der Waals surface area contributed by atoms with E-state index in [9.17, 15) is 17.6 Å². The normalized spacial score (nSPS) is 11.4. The Morgan fingerprint density at radius 3 is 2.16 bits per heavy atom. The van der Waals surface area contributed by atoms with Gasteiger partial charge in [-0.15, -0.1) is 0 Å². The van der Waals surface area contributed by atoms with E-state index in [0.717, 1.165) is 16.6 Å². The number of rotatable bonds is 2. The molecule has 0 aliphatic carbocycles. The first-order chi connectivity index (χ1) is 8.88. The molecule has 2 aromatic carbocycles. The fourth-order valence-corrected chi connectivity index (χ4v) is 1.76. The predicted molar refractivity (Wildman–Crippen MR) is 65.6 cm³/mol. The van der Waals surface area contributed by atoms with Crippen LogP contribution in [0.4, 0.5) is 17.6 Å². The molecular weight excluding hydrogens is 328 g/mol. The highest BCUT2D eigenvalue weighted by Gasteiger charge is 2.38. The van der Waals surface area contributed by atoms with Crippen LogP contribution in [0.15, 0.2) is 46.9 Å². The van der Waals surface area contributed by atoms with Gasteiger partial charge in [0.1, 0.15) is 22.9 Å². The monoisotopic (exact) mass is 334 g/mol. The molecule has 19 heavy (non-hydrogen) atoms. The van der Waals surface area contributed by atoms with E-state index >= 15 is 0 Å². The smallest absolute Gasteiger partial charge is 0.422 e. The molecule has 0 radical (unpaired) electrons. The average molecular weight is 335 g/mol. The van der Waals surface area contributed by atoms with Crippen LogP contribution in [0, 0.1) is 5.82 Å². The summed E-state index contributed by atoms with van der Waals surface area (Å²) in [5.74, 6) is -1.73. The quantitative estimate of drug-likeness (QED) is 0.668. The first-order valence-electron chi connectivity index (χ1n) is 5.17. The minimum atomic E-state index is -4.81. The Hall–Kier alpha value is -1.56. The van der Waals surface area contributed by atoms with E-state index in [-0.39, 0.29) is 5.75 Å². The Morgan fingerprint density at radius 1 is 0.947 bits per heavy atom. The Kier molecular flexibility index (Phi) is 3.80. The van der Waals surface area contributed by atoms with Gasteiger partial charge < -0.3 is 4.74 Å². The van der Waals surface area contributed by atoms with E-state index in [4.69, 9.17) is 4.74 Å². The molecule has 0 saturated heterocycles. The van der Waals surface area contributed by atoms with Gasteiger partial charge in [0.25, 0.3) is 0 Å². The van der Waals surface area contributed by atoms with Crippen LogP contribution in [0.1, 0.15) is 5.56 Å². The third-order valence-electron chi connectivity index (χ3n) is 2.30. The van der Waals surface area contributed by atoms with Crippen molar-refractivity contribution in [1.29, 1.82) is 0 Å². The maximum absolute atomic E-state index is 13.3. The summed E-state index contributed by atoms with van der Waals surface area (Å²) in [6.07, 6.45) is -4.81. The molecule has 0 amide bonds. The van der Waals surface area contributed by atoms with Crippen LogP contribution in [-0.4, -0.2) is 0 Å². The Balaban J connectivity index is 2.40. The van der Waals surface area contributed by atoms with E-state index in [1.54, 1.807) is 12.1 Å². The van der Waals surface area contributed by atoms with Crippen molar-refractivity contribution in [3.63, 3.8) is 0 Å². The molecule has 2 aromatic rings. The molecule has 100 valence electrons. The molecule has 0 saturated carbocycles. The van der Waals surface area contributed by atoms with Gasteiger partial charge in [0.05, 0.1) is 0 Å². The number of hydrogen-bond donors (Lipinski definition) is 0. The number of alkyl halides is 3. The molecule has 0 spiro atoms. The molecule has 0 aromatic heterocycles. The maximum Gasteiger partial charge on any atom is 0.422 e. The zero-order valence-electron chi connectivity index (χ0n) is 9.34. The van der Waals surface area contributed by atoms with E-state index in [2.05, 4.69) is 15.9 Å². The molecule has 0 fully saturated rings. The topological polar surface area (TPSA) is 9.23 Å². The lowest BCUT2D eigenvalue weighted by Gasteiger charge is -2.14. The van der Waals surface area contributed by atoms with Crippen molar-refractivity contribution < 1.29 is 22.3 Å². The van der Waals surface area contributed by atoms with Crippen molar-refractivity contribution in [2.45, 2.75) is 6.18 Å². The molecule has 2 rings (SSSR count). The summed E-state index contributed by atoms with van der Waals surface area (Å²) in [6.45, 7) is 0. The molecule has 0 N–H and O–H groups in total. The van der Waals surface area contributed by atoms with Gasteiger partial charge >= 0.3 is 6.18 Å². The molecule has 0 unspecified atom stereocenters. The van der Waals surface area contributed by atoms with Gasteiger partial charge in [-0.25, -0.2) is 4.39 Å². The van der Waals surface area contributed by atoms with Crippen molar-refractivity contribution in [2.24, 2.45) is 0 Å². The fourth-order valence-electron chi connectivity index (χ4n) is 1.49. The molecular formula is C13H7BrF4O. The second kappa shape index (κ2) is 5.21. The second-order valence-electron chi connectivity index (χ2n) is 3.67. The second-order valence-corrected chi connectivity index (χ2v) is 4.58. The van der Waals surface area contributed by atoms with Gasteiger partial charge in [0, 0.05) is 4.47 Å². The first-order valence-corrected chi connectivity index (χ1v) is 5.96. The van der Waals surface area contributed by atoms with Gasteiger partial charge in [0.15, 0.2) is 0 Å². The summed E-state index contributed by atoms with van der Waals surface area (Å²) in [5.41, 5.74) is -1.40. The summed E-state index contributed by atoms with van der Waals surface area (Å²) in [5, 5.41) is 0. The number of benzene rings is 2. The van der Waals surface area contributed by atoms with Gasteiger partial charge in [-0.2, -0.15) is 13.2 Å². The number of ether oxygens (including phenoxy) is 1. The van der Waals surface area contributed by atoms with Crippen LogP contribution in [0.2, 0.25) is 0 Å². The van der Waals surface area contributed by atoms with Crippen LogP contribution in [0.5, 0.6) is 11.5 Å². The van der Waals surface area contributed by atoms with Crippen LogP contribution >= 0.6 is 15.9 Å². The van der Waals surface area contributed by atoms with Crippen LogP contribution < -0.4 is 4.74 Å². The predicted octanol–water partition coefficient (Wildman–Crippen LogP) is 5.40. The van der Waals surface area contributed by atoms with Crippen molar-refractivity contribution in [2.75, 3.05) is 0 Å². The Morgan fingerprint density at radius 2 is 1.58 bits per heavy atom. The molecule has 1 nitrogen and oxygen atoms in total. The Labute approximate surface area is 114 Å². The first kappa shape index (κ1) is 13.9. The maximum atomic E-state index is 13.3. The standard InChI is InChI=1S/C13H7BrF4O/c14-8-4-6-9(7-5-8)19-11-3-1-2-10(15)12(11)13(16,17)18/h1-7H. The SMILES string of the molecule is Fc1cccc(Oc2ccc(Br)cc2)c1C(F)(F)F. The van der Waals surface area contributed by atoms with Crippen LogP contribution in [-0.2, 0) is 6.18 Å². The zero-order valence-corrected chi connectivity index (χ0v) is 10.9. The third kappa shape index (κ3) is 3.26. The summed E-state index contributed by atoms with van der Waals surface area (Å²) < 4.78 is 57.4. The summed E-state index contributed by atoms with van der Waals surface area (Å²) in [7, 11) is 0. The largest absolute Gasteiger partial charge is 0.457 e. The van der Waals surface area contributed by atoms with E-state index < -0.39 is 23.3 Å². The summed E-state index contributed by atoms with van der Waals surface area (Å²) in [6, 6.07) is 9.18. The molecule has 0 heterocycles. The van der Waals surface area contributed by atoms with E-state index in [0.29, 0.717) is 0 Å². The molecule has 0 bridgehead atoms. The number of hydrogen-bond acceptors (Lipinski definition) is 1. The summed E-state index contributed by atoms with van der Waals surface area (Å²) >= 11 is 3.19. The van der Waals surface area contributed by atoms with Crippen LogP contribution in [0.3, 0.4) is 0 Å². The van der Waals surface area contributed by atoms with Crippen LogP contribution in [0.25, 0.3) is 0 Å². The van der Waals surface area contributed by atoms with Crippen molar-refractivity contribution in [3.8, 4) is 11.5 Å². The molecule has 0 aliphatic heterocycles. The minimum Gasteiger partial charge on any atom is -0.457 e. The van der Waals surface area contributed by atoms with Gasteiger partial charge in [0.2, 0.25) is 0 Å². The van der Waals surface area contributed by atoms with Crippen molar-refractivity contribution >= 4 is 15.9 Å². The van der Waals surface area contributed by atoms with Crippen molar-refractivity contribution in [3.05, 3.63) is 58.3 Å². The van der Waals surface area contributed by atoms with Gasteiger partial charge in [-0.3, -0.25) is 0 Å².